The molecule has 1 aromatic heterocycles. The number of nitrogens with one attached hydrogen (secondary N) is 1. The molecule has 1 heterocycles. The second kappa shape index (κ2) is 6.43. The van der Waals surface area contributed by atoms with Gasteiger partial charge in [-0.3, -0.25) is 0 Å². The lowest BCUT2D eigenvalue weighted by Crippen LogP contribution is -2.42. The zero-order valence-electron chi connectivity index (χ0n) is 10.00. The van der Waals surface area contributed by atoms with E-state index < -0.39 is 18.1 Å². The van der Waals surface area contributed by atoms with Crippen LogP contribution in [-0.2, 0) is 23.0 Å². The highest BCUT2D eigenvalue weighted by Gasteiger charge is 2.22. The molecule has 1 amide bonds. The number of carboxylic acids is 1. The molecule has 0 saturated carbocycles. The van der Waals surface area contributed by atoms with Crippen molar-refractivity contribution in [2.24, 2.45) is 7.05 Å². The van der Waals surface area contributed by atoms with E-state index >= 15 is 0 Å². The van der Waals surface area contributed by atoms with Gasteiger partial charge in [0.25, 0.3) is 0 Å². The summed E-state index contributed by atoms with van der Waals surface area (Å²) >= 11 is 0. The van der Waals surface area contributed by atoms with Gasteiger partial charge in [0, 0.05) is 25.4 Å². The van der Waals surface area contributed by atoms with Gasteiger partial charge in [-0.1, -0.05) is 12.7 Å². The van der Waals surface area contributed by atoms with Gasteiger partial charge in [0.2, 0.25) is 0 Å². The summed E-state index contributed by atoms with van der Waals surface area (Å²) < 4.78 is 6.35. The van der Waals surface area contributed by atoms with Crippen LogP contribution in [0.1, 0.15) is 5.69 Å². The topological polar surface area (TPSA) is 93.5 Å². The highest BCUT2D eigenvalue weighted by molar-refractivity contribution is 5.80. The van der Waals surface area contributed by atoms with Crippen molar-refractivity contribution in [3.63, 3.8) is 0 Å². The molecule has 0 aromatic carbocycles. The number of ether oxygens (including phenoxy) is 1. The minimum Gasteiger partial charge on any atom is -0.480 e. The molecule has 0 aliphatic heterocycles. The number of aryl methyl sites for hydroxylation is 1. The maximum atomic E-state index is 11.3. The van der Waals surface area contributed by atoms with Crippen LogP contribution in [0, 0.1) is 0 Å². The maximum Gasteiger partial charge on any atom is 0.408 e. The quantitative estimate of drug-likeness (QED) is 0.712. The van der Waals surface area contributed by atoms with Crippen LogP contribution in [0.15, 0.2) is 25.2 Å². The van der Waals surface area contributed by atoms with Gasteiger partial charge in [0.15, 0.2) is 0 Å². The Morgan fingerprint density at radius 2 is 2.44 bits per heavy atom. The zero-order chi connectivity index (χ0) is 13.5. The van der Waals surface area contributed by atoms with E-state index in [1.54, 1.807) is 24.1 Å². The molecule has 0 fully saturated rings. The monoisotopic (exact) mass is 253 g/mol. The van der Waals surface area contributed by atoms with Gasteiger partial charge in [0.05, 0.1) is 6.33 Å². The Kier molecular flexibility index (Phi) is 4.91. The number of amides is 1. The molecule has 0 unspecified atom stereocenters. The minimum absolute atomic E-state index is 0.0316. The number of aromatic nitrogens is 2. The molecule has 0 aliphatic rings. The number of hydrogen-bond acceptors (Lipinski definition) is 4. The van der Waals surface area contributed by atoms with Crippen molar-refractivity contribution in [2.45, 2.75) is 12.5 Å². The lowest BCUT2D eigenvalue weighted by molar-refractivity contribution is -0.139. The number of carbonyl (C=O) groups excluding carboxylic acids is 1. The number of rotatable bonds is 6. The Morgan fingerprint density at radius 3 is 2.94 bits per heavy atom. The summed E-state index contributed by atoms with van der Waals surface area (Å²) in [6.07, 6.45) is 3.85. The van der Waals surface area contributed by atoms with Gasteiger partial charge in [-0.05, 0) is 0 Å². The Hall–Kier alpha value is -2.31. The largest absolute Gasteiger partial charge is 0.480 e. The Bertz CT molecular complexity index is 441. The van der Waals surface area contributed by atoms with Gasteiger partial charge in [-0.15, -0.1) is 0 Å². The van der Waals surface area contributed by atoms with Crippen LogP contribution >= 0.6 is 0 Å². The van der Waals surface area contributed by atoms with Crippen molar-refractivity contribution in [2.75, 3.05) is 6.61 Å². The van der Waals surface area contributed by atoms with Crippen molar-refractivity contribution in [1.29, 1.82) is 0 Å². The van der Waals surface area contributed by atoms with Crippen molar-refractivity contribution in [3.05, 3.63) is 30.9 Å². The van der Waals surface area contributed by atoms with E-state index in [2.05, 4.69) is 21.6 Å². The van der Waals surface area contributed by atoms with Gasteiger partial charge in [0.1, 0.15) is 12.6 Å². The van der Waals surface area contributed by atoms with Crippen LogP contribution in [0.25, 0.3) is 0 Å². The Morgan fingerprint density at radius 1 is 1.72 bits per heavy atom. The third kappa shape index (κ3) is 3.93. The molecule has 7 nitrogen and oxygen atoms in total. The summed E-state index contributed by atoms with van der Waals surface area (Å²) in [5.41, 5.74) is 0.700. The van der Waals surface area contributed by atoms with Gasteiger partial charge < -0.3 is 19.7 Å². The Labute approximate surface area is 104 Å². The molecule has 7 heteroatoms. The van der Waals surface area contributed by atoms with Crippen LogP contribution in [0.5, 0.6) is 0 Å². The molecule has 1 aromatic rings. The molecule has 0 radical (unpaired) electrons. The number of imidazole rings is 1. The molecule has 1 rings (SSSR count). The van der Waals surface area contributed by atoms with Crippen LogP contribution in [-0.4, -0.2) is 39.4 Å². The first-order chi connectivity index (χ1) is 8.54. The van der Waals surface area contributed by atoms with Crippen LogP contribution in [0.3, 0.4) is 0 Å². The van der Waals surface area contributed by atoms with E-state index in [-0.39, 0.29) is 13.0 Å². The standard InChI is InChI=1S/C11H15N3O4/c1-3-4-18-11(17)13-9(10(15)16)5-8-6-12-7-14(8)2/h3,6-7,9H,1,4-5H2,2H3,(H,13,17)(H,15,16)/t9-/m0/s1. The molecule has 18 heavy (non-hydrogen) atoms. The lowest BCUT2D eigenvalue weighted by atomic mass is 10.1. The van der Waals surface area contributed by atoms with Crippen molar-refractivity contribution in [1.82, 2.24) is 14.9 Å². The molecular weight excluding hydrogens is 238 g/mol. The van der Waals surface area contributed by atoms with Crippen molar-refractivity contribution < 1.29 is 19.4 Å². The van der Waals surface area contributed by atoms with E-state index in [0.717, 1.165) is 0 Å². The number of hydrogen-bond donors (Lipinski definition) is 2. The molecule has 0 saturated heterocycles. The minimum atomic E-state index is -1.13. The van der Waals surface area contributed by atoms with Crippen molar-refractivity contribution >= 4 is 12.1 Å². The summed E-state index contributed by atoms with van der Waals surface area (Å²) in [5.74, 6) is -1.13. The fourth-order valence-electron chi connectivity index (χ4n) is 1.31. The predicted octanol–water partition coefficient (Wildman–Crippen LogP) is 0.328. The third-order valence-electron chi connectivity index (χ3n) is 2.25. The van der Waals surface area contributed by atoms with E-state index in [1.165, 1.54) is 6.08 Å². The fourth-order valence-corrected chi connectivity index (χ4v) is 1.31. The second-order valence-electron chi connectivity index (χ2n) is 3.62. The van der Waals surface area contributed by atoms with Gasteiger partial charge in [-0.2, -0.15) is 0 Å². The van der Waals surface area contributed by atoms with Gasteiger partial charge >= 0.3 is 12.1 Å². The maximum absolute atomic E-state index is 11.3. The number of aliphatic carboxylic acids is 1. The first kappa shape index (κ1) is 13.8. The molecule has 0 aliphatic carbocycles. The second-order valence-corrected chi connectivity index (χ2v) is 3.62. The molecule has 0 bridgehead atoms. The van der Waals surface area contributed by atoms with E-state index in [0.29, 0.717) is 5.69 Å². The van der Waals surface area contributed by atoms with Crippen molar-refractivity contribution in [3.8, 4) is 0 Å². The highest BCUT2D eigenvalue weighted by Crippen LogP contribution is 2.02. The summed E-state index contributed by atoms with van der Waals surface area (Å²) in [5, 5.41) is 11.3. The first-order valence-corrected chi connectivity index (χ1v) is 5.26. The molecule has 0 spiro atoms. The third-order valence-corrected chi connectivity index (χ3v) is 2.25. The number of alkyl carbamates (subject to hydrolysis) is 1. The van der Waals surface area contributed by atoms with E-state index in [4.69, 9.17) is 5.11 Å². The fraction of sp³-hybridized carbons (Fsp3) is 0.364. The average Bonchev–Trinajstić information content (AvgIpc) is 2.71. The first-order valence-electron chi connectivity index (χ1n) is 5.26. The Balaban J connectivity index is 2.61. The summed E-state index contributed by atoms with van der Waals surface area (Å²) in [6.45, 7) is 3.42. The van der Waals surface area contributed by atoms with Crippen LogP contribution in [0.4, 0.5) is 4.79 Å². The summed E-state index contributed by atoms with van der Waals surface area (Å²) in [6, 6.07) is -1.06. The zero-order valence-corrected chi connectivity index (χ0v) is 10.00. The normalized spacial score (nSPS) is 11.6. The number of nitrogens with zero attached hydrogens (tertiary/aromatic N) is 2. The number of carboxylic acid groups (broad SMARTS) is 1. The molecule has 2 N–H and O–H groups in total. The number of carbonyl (C=O) groups is 2. The molecular formula is C11H15N3O4. The SMILES string of the molecule is C=CCOC(=O)N[C@@H](Cc1cncn1C)C(=O)O. The lowest BCUT2D eigenvalue weighted by Gasteiger charge is -2.14. The van der Waals surface area contributed by atoms with E-state index in [9.17, 15) is 9.59 Å². The van der Waals surface area contributed by atoms with Crippen LogP contribution in [0.2, 0.25) is 0 Å². The summed E-state index contributed by atoms with van der Waals surface area (Å²) in [7, 11) is 1.75. The van der Waals surface area contributed by atoms with E-state index in [1.807, 2.05) is 0 Å². The predicted molar refractivity (Wildman–Crippen MR) is 63.0 cm³/mol. The average molecular weight is 253 g/mol. The van der Waals surface area contributed by atoms with Crippen LogP contribution < -0.4 is 5.32 Å². The molecule has 1 atom stereocenters. The summed E-state index contributed by atoms with van der Waals surface area (Å²) in [4.78, 5) is 26.2. The highest BCUT2D eigenvalue weighted by atomic mass is 16.5. The smallest absolute Gasteiger partial charge is 0.408 e. The van der Waals surface area contributed by atoms with Gasteiger partial charge in [-0.25, -0.2) is 14.6 Å². The molecule has 98 valence electrons.